The quantitative estimate of drug-likeness (QED) is 0.537. The molecule has 0 aromatic carbocycles. The molecule has 0 saturated heterocycles. The molecule has 0 aromatic heterocycles. The number of hydrogen-bond acceptors (Lipinski definition) is 2. The standard InChI is InChI=1S/C12H8O2/c13-11-7-3-1-5-9(11)10-6-2-4-8-12(10)14/h1-8H. The first-order valence-corrected chi connectivity index (χ1v) is 4.31. The molecular formula is C12H8O2. The van der Waals surface area contributed by atoms with Gasteiger partial charge < -0.3 is 0 Å². The minimum atomic E-state index is -0.115. The minimum Gasteiger partial charge on any atom is -0.289 e. The molecule has 0 saturated carbocycles. The van der Waals surface area contributed by atoms with E-state index in [0.717, 1.165) is 0 Å². The minimum absolute atomic E-state index is 0.115. The van der Waals surface area contributed by atoms with E-state index < -0.39 is 0 Å². The summed E-state index contributed by atoms with van der Waals surface area (Å²) in [6.45, 7) is 0. The van der Waals surface area contributed by atoms with Crippen LogP contribution in [0.25, 0.3) is 0 Å². The van der Waals surface area contributed by atoms with Gasteiger partial charge in [-0.3, -0.25) is 9.59 Å². The molecule has 0 heterocycles. The van der Waals surface area contributed by atoms with E-state index in [1.165, 1.54) is 12.2 Å². The summed E-state index contributed by atoms with van der Waals surface area (Å²) in [5.41, 5.74) is 0.941. The van der Waals surface area contributed by atoms with E-state index in [9.17, 15) is 9.59 Å². The summed E-state index contributed by atoms with van der Waals surface area (Å²) in [5, 5.41) is 0. The van der Waals surface area contributed by atoms with Gasteiger partial charge in [0.05, 0.1) is 0 Å². The van der Waals surface area contributed by atoms with Crippen molar-refractivity contribution in [2.45, 2.75) is 0 Å². The van der Waals surface area contributed by atoms with Gasteiger partial charge in [0.2, 0.25) is 0 Å². The Bertz CT molecular complexity index is 401. The lowest BCUT2D eigenvalue weighted by Gasteiger charge is -2.07. The van der Waals surface area contributed by atoms with Crippen molar-refractivity contribution < 1.29 is 9.59 Å². The molecule has 2 heteroatoms. The van der Waals surface area contributed by atoms with Gasteiger partial charge in [-0.25, -0.2) is 0 Å². The Hall–Kier alpha value is -1.96. The highest BCUT2D eigenvalue weighted by atomic mass is 16.1. The number of hydrogen-bond donors (Lipinski definition) is 0. The zero-order chi connectivity index (χ0) is 9.97. The Morgan fingerprint density at radius 3 is 1.29 bits per heavy atom. The second-order valence-corrected chi connectivity index (χ2v) is 2.99. The molecule has 0 aliphatic heterocycles. The Labute approximate surface area is 81.6 Å². The van der Waals surface area contributed by atoms with E-state index >= 15 is 0 Å². The monoisotopic (exact) mass is 184 g/mol. The van der Waals surface area contributed by atoms with Crippen molar-refractivity contribution in [3.05, 3.63) is 59.8 Å². The molecule has 0 N–H and O–H groups in total. The lowest BCUT2D eigenvalue weighted by Crippen LogP contribution is -2.09. The Kier molecular flexibility index (Phi) is 2.11. The van der Waals surface area contributed by atoms with Crippen molar-refractivity contribution in [1.29, 1.82) is 0 Å². The average Bonchev–Trinajstić information content (AvgIpc) is 2.20. The summed E-state index contributed by atoms with van der Waals surface area (Å²) in [7, 11) is 0. The summed E-state index contributed by atoms with van der Waals surface area (Å²) in [5.74, 6) is -0.230. The van der Waals surface area contributed by atoms with Crippen LogP contribution in [-0.2, 0) is 9.59 Å². The fourth-order valence-electron chi connectivity index (χ4n) is 1.38. The van der Waals surface area contributed by atoms with E-state index in [0.29, 0.717) is 11.1 Å². The summed E-state index contributed by atoms with van der Waals surface area (Å²) < 4.78 is 0. The van der Waals surface area contributed by atoms with Crippen molar-refractivity contribution in [2.75, 3.05) is 0 Å². The van der Waals surface area contributed by atoms with Gasteiger partial charge >= 0.3 is 0 Å². The summed E-state index contributed by atoms with van der Waals surface area (Å²) in [4.78, 5) is 22.9. The molecule has 2 rings (SSSR count). The Balaban J connectivity index is 2.50. The molecule has 14 heavy (non-hydrogen) atoms. The van der Waals surface area contributed by atoms with E-state index in [4.69, 9.17) is 0 Å². The van der Waals surface area contributed by atoms with Crippen LogP contribution in [0.5, 0.6) is 0 Å². The van der Waals surface area contributed by atoms with Crippen LogP contribution in [0.1, 0.15) is 0 Å². The van der Waals surface area contributed by atoms with Crippen LogP contribution in [0.4, 0.5) is 0 Å². The highest BCUT2D eigenvalue weighted by Gasteiger charge is 2.15. The van der Waals surface area contributed by atoms with E-state index in [1.807, 2.05) is 0 Å². The van der Waals surface area contributed by atoms with Crippen molar-refractivity contribution >= 4 is 11.6 Å². The molecule has 0 atom stereocenters. The summed E-state index contributed by atoms with van der Waals surface area (Å²) >= 11 is 0. The molecule has 0 unspecified atom stereocenters. The maximum Gasteiger partial charge on any atom is 0.186 e. The predicted octanol–water partition coefficient (Wildman–Crippen LogP) is 1.67. The molecule has 0 aromatic rings. The smallest absolute Gasteiger partial charge is 0.186 e. The third-order valence-corrected chi connectivity index (χ3v) is 2.06. The molecule has 2 nitrogen and oxygen atoms in total. The third kappa shape index (κ3) is 1.42. The van der Waals surface area contributed by atoms with E-state index in [-0.39, 0.29) is 11.6 Å². The van der Waals surface area contributed by atoms with Gasteiger partial charge in [-0.2, -0.15) is 0 Å². The normalized spacial score (nSPS) is 24.9. The SMILES string of the molecule is O=C1C=CC=CC1=C1C=CC=CC1=O. The lowest BCUT2D eigenvalue weighted by molar-refractivity contribution is -0.113. The Morgan fingerprint density at radius 2 is 0.929 bits per heavy atom. The topological polar surface area (TPSA) is 34.1 Å². The van der Waals surface area contributed by atoms with Crippen LogP contribution in [0.3, 0.4) is 0 Å². The van der Waals surface area contributed by atoms with Crippen molar-refractivity contribution in [2.24, 2.45) is 0 Å². The number of ketones is 2. The highest BCUT2D eigenvalue weighted by molar-refractivity contribution is 6.17. The van der Waals surface area contributed by atoms with E-state index in [2.05, 4.69) is 0 Å². The van der Waals surface area contributed by atoms with Gasteiger partial charge in [-0.15, -0.1) is 0 Å². The predicted molar refractivity (Wildman–Crippen MR) is 53.6 cm³/mol. The second kappa shape index (κ2) is 3.42. The largest absolute Gasteiger partial charge is 0.289 e. The van der Waals surface area contributed by atoms with E-state index in [1.54, 1.807) is 36.5 Å². The van der Waals surface area contributed by atoms with Gasteiger partial charge in [0, 0.05) is 11.1 Å². The molecule has 2 aliphatic rings. The molecule has 68 valence electrons. The fourth-order valence-corrected chi connectivity index (χ4v) is 1.38. The zero-order valence-corrected chi connectivity index (χ0v) is 7.44. The molecular weight excluding hydrogens is 176 g/mol. The summed E-state index contributed by atoms with van der Waals surface area (Å²) in [6.07, 6.45) is 13.1. The molecule has 0 spiro atoms. The van der Waals surface area contributed by atoms with Crippen LogP contribution in [0, 0.1) is 0 Å². The first kappa shape index (κ1) is 8.63. The maximum atomic E-state index is 11.4. The van der Waals surface area contributed by atoms with Gasteiger partial charge in [0.15, 0.2) is 11.6 Å². The molecule has 0 radical (unpaired) electrons. The second-order valence-electron chi connectivity index (χ2n) is 2.99. The maximum absolute atomic E-state index is 11.4. The first-order chi connectivity index (χ1) is 6.79. The fraction of sp³-hybridized carbons (Fsp3) is 0. The molecule has 2 aliphatic carbocycles. The number of allylic oxidation sites excluding steroid dienone is 10. The molecule has 0 amide bonds. The average molecular weight is 184 g/mol. The number of carbonyl (C=O) groups is 2. The Morgan fingerprint density at radius 1 is 0.571 bits per heavy atom. The highest BCUT2D eigenvalue weighted by Crippen LogP contribution is 2.17. The number of carbonyl (C=O) groups excluding carboxylic acids is 2. The first-order valence-electron chi connectivity index (χ1n) is 4.31. The van der Waals surface area contributed by atoms with Gasteiger partial charge in [-0.1, -0.05) is 36.5 Å². The van der Waals surface area contributed by atoms with Crippen molar-refractivity contribution in [1.82, 2.24) is 0 Å². The number of rotatable bonds is 0. The van der Waals surface area contributed by atoms with Crippen LogP contribution < -0.4 is 0 Å². The third-order valence-electron chi connectivity index (χ3n) is 2.06. The van der Waals surface area contributed by atoms with Crippen LogP contribution in [-0.4, -0.2) is 11.6 Å². The molecule has 0 bridgehead atoms. The van der Waals surface area contributed by atoms with Crippen LogP contribution in [0.2, 0.25) is 0 Å². The summed E-state index contributed by atoms with van der Waals surface area (Å²) in [6, 6.07) is 0. The van der Waals surface area contributed by atoms with Crippen molar-refractivity contribution in [3.8, 4) is 0 Å². The van der Waals surface area contributed by atoms with Gasteiger partial charge in [0.25, 0.3) is 0 Å². The molecule has 0 fully saturated rings. The van der Waals surface area contributed by atoms with Gasteiger partial charge in [0.1, 0.15) is 0 Å². The zero-order valence-electron chi connectivity index (χ0n) is 7.44. The van der Waals surface area contributed by atoms with Crippen molar-refractivity contribution in [3.63, 3.8) is 0 Å². The van der Waals surface area contributed by atoms with Crippen LogP contribution >= 0.6 is 0 Å². The van der Waals surface area contributed by atoms with Crippen LogP contribution in [0.15, 0.2) is 59.8 Å². The lowest BCUT2D eigenvalue weighted by atomic mass is 9.95. The van der Waals surface area contributed by atoms with Gasteiger partial charge in [-0.05, 0) is 12.2 Å².